The first-order valence-corrected chi connectivity index (χ1v) is 13.1. The molecule has 2 amide bonds. The van der Waals surface area contributed by atoms with Gasteiger partial charge in [-0.1, -0.05) is 6.42 Å². The van der Waals surface area contributed by atoms with Crippen LogP contribution in [0.1, 0.15) is 25.7 Å². The Hall–Kier alpha value is -0.550. The number of nitrogens with one attached hydrogen (secondary N) is 2. The first kappa shape index (κ1) is 22.1. The molecule has 160 valence electrons. The lowest BCUT2D eigenvalue weighted by atomic mass is 10.0. The van der Waals surface area contributed by atoms with Crippen LogP contribution in [-0.2, 0) is 19.6 Å². The third-order valence-corrected chi connectivity index (χ3v) is 9.61. The quantitative estimate of drug-likeness (QED) is 0.543. The molecule has 3 fully saturated rings. The van der Waals surface area contributed by atoms with E-state index < -0.39 is 21.3 Å². The Kier molecular flexibility index (Phi) is 7.89. The first-order valence-electron chi connectivity index (χ1n) is 9.86. The summed E-state index contributed by atoms with van der Waals surface area (Å²) in [6.07, 6.45) is 3.85. The SMILES string of the molecule is O=C(NCC1CCCCN1)[C@H]1CN(C(=O)CCl)CCN1S(=O)(=O)C1CCSC1. The van der Waals surface area contributed by atoms with Crippen molar-refractivity contribution in [3.05, 3.63) is 0 Å². The zero-order valence-electron chi connectivity index (χ0n) is 15.9. The monoisotopic (exact) mass is 452 g/mol. The second-order valence-corrected chi connectivity index (χ2v) is 11.1. The third-order valence-electron chi connectivity index (χ3n) is 5.67. The fraction of sp³-hybridized carbons (Fsp3) is 0.882. The Morgan fingerprint density at radius 1 is 1.21 bits per heavy atom. The molecule has 11 heteroatoms. The molecule has 3 rings (SSSR count). The lowest BCUT2D eigenvalue weighted by molar-refractivity contribution is -0.134. The average Bonchev–Trinajstić information content (AvgIpc) is 3.27. The van der Waals surface area contributed by atoms with E-state index in [-0.39, 0.29) is 43.4 Å². The molecule has 0 spiro atoms. The van der Waals surface area contributed by atoms with Crippen molar-refractivity contribution in [3.8, 4) is 0 Å². The highest BCUT2D eigenvalue weighted by Gasteiger charge is 2.44. The summed E-state index contributed by atoms with van der Waals surface area (Å²) >= 11 is 7.29. The molecule has 0 saturated carbocycles. The zero-order chi connectivity index (χ0) is 20.1. The smallest absolute Gasteiger partial charge is 0.240 e. The Balaban J connectivity index is 1.71. The number of hydrogen-bond donors (Lipinski definition) is 2. The van der Waals surface area contributed by atoms with Gasteiger partial charge in [-0.25, -0.2) is 8.42 Å². The largest absolute Gasteiger partial charge is 0.353 e. The molecule has 0 aromatic heterocycles. The van der Waals surface area contributed by atoms with E-state index in [9.17, 15) is 18.0 Å². The van der Waals surface area contributed by atoms with Crippen LogP contribution in [0.4, 0.5) is 0 Å². The molecule has 0 aliphatic carbocycles. The van der Waals surface area contributed by atoms with Crippen molar-refractivity contribution in [1.82, 2.24) is 19.8 Å². The van der Waals surface area contributed by atoms with Gasteiger partial charge in [-0.3, -0.25) is 9.59 Å². The molecule has 3 heterocycles. The Bertz CT molecular complexity index is 666. The van der Waals surface area contributed by atoms with Crippen LogP contribution in [-0.4, -0.2) is 96.9 Å². The second kappa shape index (κ2) is 9.97. The topological polar surface area (TPSA) is 98.8 Å². The van der Waals surface area contributed by atoms with E-state index in [2.05, 4.69) is 10.6 Å². The van der Waals surface area contributed by atoms with Gasteiger partial charge in [0.25, 0.3) is 0 Å². The van der Waals surface area contributed by atoms with Crippen molar-refractivity contribution < 1.29 is 18.0 Å². The highest BCUT2D eigenvalue weighted by atomic mass is 35.5. The Morgan fingerprint density at radius 3 is 2.68 bits per heavy atom. The van der Waals surface area contributed by atoms with Crippen molar-refractivity contribution in [2.24, 2.45) is 0 Å². The van der Waals surface area contributed by atoms with Crippen LogP contribution in [0.2, 0.25) is 0 Å². The minimum Gasteiger partial charge on any atom is -0.353 e. The number of alkyl halides is 1. The molecule has 8 nitrogen and oxygen atoms in total. The highest BCUT2D eigenvalue weighted by Crippen LogP contribution is 2.28. The minimum atomic E-state index is -3.59. The van der Waals surface area contributed by atoms with E-state index in [0.29, 0.717) is 18.7 Å². The molecular weight excluding hydrogens is 424 g/mol. The summed E-state index contributed by atoms with van der Waals surface area (Å²) in [6.45, 7) is 1.84. The number of amides is 2. The normalized spacial score (nSPS) is 29.6. The molecule has 0 aromatic carbocycles. The van der Waals surface area contributed by atoms with Crippen LogP contribution in [0, 0.1) is 0 Å². The second-order valence-electron chi connectivity index (χ2n) is 7.52. The molecule has 2 N–H and O–H groups in total. The summed E-state index contributed by atoms with van der Waals surface area (Å²) in [5.41, 5.74) is 0. The number of sulfonamides is 1. The van der Waals surface area contributed by atoms with Crippen molar-refractivity contribution in [2.75, 3.05) is 50.1 Å². The molecule has 0 aromatic rings. The van der Waals surface area contributed by atoms with E-state index in [4.69, 9.17) is 11.6 Å². The van der Waals surface area contributed by atoms with Crippen molar-refractivity contribution in [2.45, 2.75) is 43.0 Å². The van der Waals surface area contributed by atoms with Crippen LogP contribution < -0.4 is 10.6 Å². The number of carbonyl (C=O) groups is 2. The predicted molar refractivity (Wildman–Crippen MR) is 111 cm³/mol. The standard InChI is InChI=1S/C17H29ClN4O4S2/c18-9-16(23)21-6-7-22(28(25,26)14-4-8-27-12-14)15(11-21)17(24)20-10-13-3-1-2-5-19-13/h13-15,19H,1-12H2,(H,20,24)/t13?,14?,15-/m1/s1. The Morgan fingerprint density at radius 2 is 2.04 bits per heavy atom. The first-order chi connectivity index (χ1) is 13.4. The average molecular weight is 453 g/mol. The molecule has 3 aliphatic rings. The maximum Gasteiger partial charge on any atom is 0.240 e. The van der Waals surface area contributed by atoms with Crippen LogP contribution in [0.15, 0.2) is 0 Å². The summed E-state index contributed by atoms with van der Waals surface area (Å²) in [4.78, 5) is 26.5. The van der Waals surface area contributed by atoms with Gasteiger partial charge in [0, 0.05) is 38.0 Å². The number of nitrogens with zero attached hydrogens (tertiary/aromatic N) is 2. The fourth-order valence-corrected chi connectivity index (χ4v) is 7.97. The van der Waals surface area contributed by atoms with Crippen molar-refractivity contribution >= 4 is 45.2 Å². The third kappa shape index (κ3) is 5.13. The number of piperidine rings is 1. The van der Waals surface area contributed by atoms with Crippen LogP contribution in [0.5, 0.6) is 0 Å². The van der Waals surface area contributed by atoms with Crippen LogP contribution >= 0.6 is 23.4 Å². The number of thioether (sulfide) groups is 1. The Labute approximate surface area is 176 Å². The van der Waals surface area contributed by atoms with E-state index in [0.717, 1.165) is 31.6 Å². The molecule has 0 bridgehead atoms. The number of halogens is 1. The molecule has 3 aliphatic heterocycles. The molecule has 3 saturated heterocycles. The van der Waals surface area contributed by atoms with Gasteiger partial charge in [0.05, 0.1) is 5.25 Å². The number of carbonyl (C=O) groups excluding carboxylic acids is 2. The minimum absolute atomic E-state index is 0.0502. The summed E-state index contributed by atoms with van der Waals surface area (Å²) in [6, 6.07) is -0.696. The molecule has 0 radical (unpaired) electrons. The van der Waals surface area contributed by atoms with Gasteiger partial charge < -0.3 is 15.5 Å². The van der Waals surface area contributed by atoms with Crippen LogP contribution in [0.25, 0.3) is 0 Å². The van der Waals surface area contributed by atoms with Gasteiger partial charge in [-0.05, 0) is 31.6 Å². The molecule has 2 unspecified atom stereocenters. The van der Waals surface area contributed by atoms with Gasteiger partial charge in [-0.2, -0.15) is 16.1 Å². The lowest BCUT2D eigenvalue weighted by Crippen LogP contribution is -2.63. The van der Waals surface area contributed by atoms with E-state index >= 15 is 0 Å². The van der Waals surface area contributed by atoms with Gasteiger partial charge in [-0.15, -0.1) is 11.6 Å². The summed E-state index contributed by atoms with van der Waals surface area (Å²) in [5, 5.41) is 5.82. The van der Waals surface area contributed by atoms with Gasteiger partial charge in [0.1, 0.15) is 11.9 Å². The summed E-state index contributed by atoms with van der Waals surface area (Å²) in [7, 11) is -3.59. The predicted octanol–water partition coefficient (Wildman–Crippen LogP) is -0.168. The summed E-state index contributed by atoms with van der Waals surface area (Å²) in [5.74, 6) is 0.588. The fourth-order valence-electron chi connectivity index (χ4n) is 3.97. The lowest BCUT2D eigenvalue weighted by Gasteiger charge is -2.40. The van der Waals surface area contributed by atoms with Gasteiger partial charge >= 0.3 is 0 Å². The number of hydrogen-bond acceptors (Lipinski definition) is 6. The maximum absolute atomic E-state index is 13.1. The molecule has 28 heavy (non-hydrogen) atoms. The number of piperazine rings is 1. The van der Waals surface area contributed by atoms with Gasteiger partial charge in [0.2, 0.25) is 21.8 Å². The zero-order valence-corrected chi connectivity index (χ0v) is 18.3. The van der Waals surface area contributed by atoms with Crippen molar-refractivity contribution in [3.63, 3.8) is 0 Å². The van der Waals surface area contributed by atoms with E-state index in [1.165, 1.54) is 9.21 Å². The number of rotatable bonds is 6. The van der Waals surface area contributed by atoms with Crippen molar-refractivity contribution in [1.29, 1.82) is 0 Å². The maximum atomic E-state index is 13.1. The van der Waals surface area contributed by atoms with E-state index in [1.807, 2.05) is 0 Å². The van der Waals surface area contributed by atoms with Crippen LogP contribution in [0.3, 0.4) is 0 Å². The van der Waals surface area contributed by atoms with E-state index in [1.54, 1.807) is 11.8 Å². The molecular formula is C17H29ClN4O4S2. The highest BCUT2D eigenvalue weighted by molar-refractivity contribution is 8.01. The summed E-state index contributed by atoms with van der Waals surface area (Å²) < 4.78 is 27.6. The van der Waals surface area contributed by atoms with Gasteiger partial charge in [0.15, 0.2) is 0 Å². The molecule has 3 atom stereocenters.